The third-order valence-electron chi connectivity index (χ3n) is 6.42. The molecule has 0 aliphatic heterocycles. The molecule has 4 aromatic rings. The van der Waals surface area contributed by atoms with Crippen LogP contribution >= 0.6 is 0 Å². The molecule has 0 amide bonds. The maximum absolute atomic E-state index is 9.52. The largest absolute Gasteiger partial charge is 0.490 e. The molecule has 1 aromatic carbocycles. The first-order valence-corrected chi connectivity index (χ1v) is 11.6. The Morgan fingerprint density at radius 1 is 1.06 bits per heavy atom. The molecule has 0 atom stereocenters. The third kappa shape index (κ3) is 4.27. The van der Waals surface area contributed by atoms with Crippen LogP contribution in [-0.2, 0) is 16.9 Å². The Bertz CT molecular complexity index is 1300. The van der Waals surface area contributed by atoms with Gasteiger partial charge in [-0.15, -0.1) is 0 Å². The number of hydrogen-bond donors (Lipinski definition) is 2. The second kappa shape index (κ2) is 9.50. The van der Waals surface area contributed by atoms with Gasteiger partial charge in [0.15, 0.2) is 5.82 Å². The van der Waals surface area contributed by atoms with Crippen molar-refractivity contribution in [2.45, 2.75) is 37.8 Å². The molecule has 176 valence electrons. The Labute approximate surface area is 198 Å². The van der Waals surface area contributed by atoms with E-state index >= 15 is 0 Å². The Morgan fingerprint density at radius 3 is 2.68 bits per heavy atom. The fourth-order valence-corrected chi connectivity index (χ4v) is 4.59. The van der Waals surface area contributed by atoms with Crippen molar-refractivity contribution in [3.05, 3.63) is 66.1 Å². The van der Waals surface area contributed by atoms with Crippen molar-refractivity contribution >= 4 is 10.9 Å². The Hall–Kier alpha value is -3.33. The number of pyridine rings is 2. The summed E-state index contributed by atoms with van der Waals surface area (Å²) in [5.41, 5.74) is 10.4. The number of aliphatic hydroxyl groups is 1. The highest BCUT2D eigenvalue weighted by Gasteiger charge is 2.32. The minimum atomic E-state index is -0.367. The molecule has 0 saturated heterocycles. The van der Waals surface area contributed by atoms with E-state index in [0.717, 1.165) is 53.5 Å². The highest BCUT2D eigenvalue weighted by Crippen LogP contribution is 2.37. The van der Waals surface area contributed by atoms with Crippen molar-refractivity contribution in [2.75, 3.05) is 20.3 Å². The molecule has 0 bridgehead atoms. The SMILES string of the molecule is COCCOc1cc(-c2cccc(C3(N)CCCC3)n2)cc2c1cnn2-c1cccc(CO)n1. The molecule has 3 heterocycles. The molecular weight excluding hydrogens is 430 g/mol. The van der Waals surface area contributed by atoms with E-state index in [1.54, 1.807) is 24.1 Å². The summed E-state index contributed by atoms with van der Waals surface area (Å²) in [6, 6.07) is 15.6. The van der Waals surface area contributed by atoms with Gasteiger partial charge in [-0.2, -0.15) is 5.10 Å². The first-order chi connectivity index (χ1) is 16.6. The number of rotatable bonds is 8. The number of nitrogens with zero attached hydrogens (tertiary/aromatic N) is 4. The lowest BCUT2D eigenvalue weighted by Gasteiger charge is -2.23. The molecule has 1 saturated carbocycles. The van der Waals surface area contributed by atoms with Crippen molar-refractivity contribution in [3.63, 3.8) is 0 Å². The van der Waals surface area contributed by atoms with Crippen molar-refractivity contribution in [1.82, 2.24) is 19.7 Å². The van der Waals surface area contributed by atoms with Crippen molar-refractivity contribution < 1.29 is 14.6 Å². The lowest BCUT2D eigenvalue weighted by molar-refractivity contribution is 0.147. The fourth-order valence-electron chi connectivity index (χ4n) is 4.59. The number of benzene rings is 1. The standard InChI is InChI=1S/C26H29N5O3/c1-33-12-13-34-23-15-18(21-7-5-8-24(30-21)26(27)10-2-3-11-26)14-22-20(23)16-28-31(22)25-9-4-6-19(17-32)29-25/h4-9,14-16,32H,2-3,10-13,17,27H2,1H3. The predicted octanol–water partition coefficient (Wildman–Crippen LogP) is 3.73. The van der Waals surface area contributed by atoms with Crippen LogP contribution in [0.5, 0.6) is 5.75 Å². The molecule has 8 heteroatoms. The molecule has 5 rings (SSSR count). The van der Waals surface area contributed by atoms with Gasteiger partial charge in [0.05, 0.1) is 52.9 Å². The molecule has 0 unspecified atom stereocenters. The first kappa shape index (κ1) is 22.5. The van der Waals surface area contributed by atoms with E-state index in [1.165, 1.54) is 0 Å². The summed E-state index contributed by atoms with van der Waals surface area (Å²) in [5.74, 6) is 1.32. The van der Waals surface area contributed by atoms with Crippen LogP contribution in [0.25, 0.3) is 28.0 Å². The molecule has 34 heavy (non-hydrogen) atoms. The predicted molar refractivity (Wildman–Crippen MR) is 130 cm³/mol. The smallest absolute Gasteiger partial charge is 0.154 e. The van der Waals surface area contributed by atoms with Gasteiger partial charge in [0.25, 0.3) is 0 Å². The van der Waals surface area contributed by atoms with Crippen LogP contribution in [-0.4, -0.2) is 45.2 Å². The third-order valence-corrected chi connectivity index (χ3v) is 6.42. The lowest BCUT2D eigenvalue weighted by Crippen LogP contribution is -2.34. The molecule has 0 spiro atoms. The molecule has 1 fully saturated rings. The second-order valence-electron chi connectivity index (χ2n) is 8.72. The normalized spacial score (nSPS) is 15.1. The molecule has 0 radical (unpaired) electrons. The van der Waals surface area contributed by atoms with Gasteiger partial charge in [-0.3, -0.25) is 4.98 Å². The van der Waals surface area contributed by atoms with E-state index in [-0.39, 0.29) is 12.1 Å². The fraction of sp³-hybridized carbons (Fsp3) is 0.346. The summed E-state index contributed by atoms with van der Waals surface area (Å²) >= 11 is 0. The Kier molecular flexibility index (Phi) is 6.28. The zero-order valence-electron chi connectivity index (χ0n) is 19.3. The highest BCUT2D eigenvalue weighted by atomic mass is 16.5. The minimum absolute atomic E-state index is 0.138. The van der Waals surface area contributed by atoms with Crippen LogP contribution in [0.1, 0.15) is 37.1 Å². The number of fused-ring (bicyclic) bond motifs is 1. The minimum Gasteiger partial charge on any atom is -0.490 e. The topological polar surface area (TPSA) is 108 Å². The highest BCUT2D eigenvalue weighted by molar-refractivity contribution is 5.90. The summed E-state index contributed by atoms with van der Waals surface area (Å²) in [4.78, 5) is 9.50. The first-order valence-electron chi connectivity index (χ1n) is 11.6. The van der Waals surface area contributed by atoms with Gasteiger partial charge < -0.3 is 20.3 Å². The monoisotopic (exact) mass is 459 g/mol. The van der Waals surface area contributed by atoms with Gasteiger partial charge in [0.2, 0.25) is 0 Å². The van der Waals surface area contributed by atoms with Crippen LogP contribution in [0.2, 0.25) is 0 Å². The van der Waals surface area contributed by atoms with E-state index in [9.17, 15) is 5.11 Å². The van der Waals surface area contributed by atoms with E-state index in [1.807, 2.05) is 42.5 Å². The van der Waals surface area contributed by atoms with Gasteiger partial charge in [-0.25, -0.2) is 9.67 Å². The van der Waals surface area contributed by atoms with Crippen molar-refractivity contribution in [3.8, 4) is 22.8 Å². The second-order valence-corrected chi connectivity index (χ2v) is 8.72. The number of aromatic nitrogens is 4. The summed E-state index contributed by atoms with van der Waals surface area (Å²) in [6.45, 7) is 0.752. The van der Waals surface area contributed by atoms with Gasteiger partial charge in [-0.1, -0.05) is 25.0 Å². The maximum Gasteiger partial charge on any atom is 0.154 e. The molecule has 1 aliphatic carbocycles. The van der Waals surface area contributed by atoms with E-state index in [0.29, 0.717) is 30.5 Å². The zero-order valence-corrected chi connectivity index (χ0v) is 19.3. The van der Waals surface area contributed by atoms with Gasteiger partial charge in [0.1, 0.15) is 12.4 Å². The van der Waals surface area contributed by atoms with Crippen LogP contribution < -0.4 is 10.5 Å². The van der Waals surface area contributed by atoms with Gasteiger partial charge in [-0.05, 0) is 49.2 Å². The Morgan fingerprint density at radius 2 is 1.88 bits per heavy atom. The number of methoxy groups -OCH3 is 1. The van der Waals surface area contributed by atoms with Crippen LogP contribution in [0.15, 0.2) is 54.7 Å². The molecule has 3 aromatic heterocycles. The average Bonchev–Trinajstić information content (AvgIpc) is 3.51. The number of hydrogen-bond acceptors (Lipinski definition) is 7. The number of aliphatic hydroxyl groups excluding tert-OH is 1. The van der Waals surface area contributed by atoms with Crippen LogP contribution in [0, 0.1) is 0 Å². The van der Waals surface area contributed by atoms with E-state index in [2.05, 4.69) is 10.1 Å². The average molecular weight is 460 g/mol. The summed E-state index contributed by atoms with van der Waals surface area (Å²) in [6.07, 6.45) is 5.93. The summed E-state index contributed by atoms with van der Waals surface area (Å²) in [5, 5.41) is 15.0. The van der Waals surface area contributed by atoms with Gasteiger partial charge >= 0.3 is 0 Å². The number of nitrogens with two attached hydrogens (primary N) is 1. The molecular formula is C26H29N5O3. The van der Waals surface area contributed by atoms with Gasteiger partial charge in [0, 0.05) is 12.7 Å². The molecule has 8 nitrogen and oxygen atoms in total. The maximum atomic E-state index is 9.52. The summed E-state index contributed by atoms with van der Waals surface area (Å²) < 4.78 is 13.0. The zero-order chi connectivity index (χ0) is 23.5. The lowest BCUT2D eigenvalue weighted by atomic mass is 9.93. The molecule has 1 aliphatic rings. The molecule has 3 N–H and O–H groups in total. The van der Waals surface area contributed by atoms with E-state index in [4.69, 9.17) is 20.2 Å². The summed E-state index contributed by atoms with van der Waals surface area (Å²) in [7, 11) is 1.65. The van der Waals surface area contributed by atoms with Crippen LogP contribution in [0.3, 0.4) is 0 Å². The quantitative estimate of drug-likeness (QED) is 0.387. The van der Waals surface area contributed by atoms with Crippen LogP contribution in [0.4, 0.5) is 0 Å². The van der Waals surface area contributed by atoms with E-state index < -0.39 is 0 Å². The van der Waals surface area contributed by atoms with Crippen molar-refractivity contribution in [1.29, 1.82) is 0 Å². The Balaban J connectivity index is 1.63. The van der Waals surface area contributed by atoms with Crippen molar-refractivity contribution in [2.24, 2.45) is 5.73 Å². The number of ether oxygens (including phenoxy) is 2.